The summed E-state index contributed by atoms with van der Waals surface area (Å²) in [5.74, 6) is 0.781. The van der Waals surface area contributed by atoms with Crippen molar-refractivity contribution in [1.29, 1.82) is 0 Å². The molecule has 0 fully saturated rings. The first-order valence-electron chi connectivity index (χ1n) is 7.66. The van der Waals surface area contributed by atoms with Crippen LogP contribution in [0.2, 0.25) is 0 Å². The molecule has 0 amide bonds. The quantitative estimate of drug-likeness (QED) is 0.574. The molecule has 0 radical (unpaired) electrons. The van der Waals surface area contributed by atoms with E-state index in [2.05, 4.69) is 32.6 Å². The number of hydrogen-bond acceptors (Lipinski definition) is 8. The average molecular weight is 401 g/mol. The number of nitrogens with zero attached hydrogens (tertiary/aromatic N) is 4. The number of nitrogens with one attached hydrogen (secondary N) is 1. The minimum Gasteiger partial charge on any atom is -0.360 e. The third kappa shape index (κ3) is 4.73. The van der Waals surface area contributed by atoms with Gasteiger partial charge in [-0.05, 0) is 18.6 Å². The molecule has 0 aliphatic rings. The van der Waals surface area contributed by atoms with E-state index in [1.807, 2.05) is 0 Å². The van der Waals surface area contributed by atoms with Gasteiger partial charge in [-0.1, -0.05) is 47.3 Å². The summed E-state index contributed by atoms with van der Waals surface area (Å²) in [6.07, 6.45) is -3.43. The molecule has 26 heavy (non-hydrogen) atoms. The van der Waals surface area contributed by atoms with Gasteiger partial charge in [0.1, 0.15) is 0 Å². The van der Waals surface area contributed by atoms with Crippen LogP contribution >= 0.6 is 23.1 Å². The Morgan fingerprint density at radius 3 is 2.88 bits per heavy atom. The van der Waals surface area contributed by atoms with Crippen molar-refractivity contribution in [2.24, 2.45) is 0 Å². The Bertz CT molecular complexity index is 865. The maximum Gasteiger partial charge on any atom is 0.416 e. The third-order valence-electron chi connectivity index (χ3n) is 3.17. The van der Waals surface area contributed by atoms with Crippen LogP contribution in [0.1, 0.15) is 24.8 Å². The molecular formula is C15H14F3N5OS2. The summed E-state index contributed by atoms with van der Waals surface area (Å²) in [4.78, 5) is 4.15. The Balaban J connectivity index is 1.64. The van der Waals surface area contributed by atoms with Gasteiger partial charge >= 0.3 is 6.18 Å². The van der Waals surface area contributed by atoms with Crippen LogP contribution in [0.15, 0.2) is 33.1 Å². The highest BCUT2D eigenvalue weighted by Gasteiger charge is 2.30. The summed E-state index contributed by atoms with van der Waals surface area (Å²) >= 11 is 2.79. The normalized spacial score (nSPS) is 11.7. The Morgan fingerprint density at radius 1 is 1.27 bits per heavy atom. The zero-order valence-corrected chi connectivity index (χ0v) is 15.2. The number of halogens is 3. The summed E-state index contributed by atoms with van der Waals surface area (Å²) in [5, 5.41) is 15.7. The molecule has 0 aliphatic carbocycles. The SMILES string of the molecule is CCCNc1nnc(SCc2nc(-c3cccc(C(F)(F)F)c3)no2)s1. The second kappa shape index (κ2) is 8.04. The zero-order chi connectivity index (χ0) is 18.6. The molecule has 138 valence electrons. The summed E-state index contributed by atoms with van der Waals surface area (Å²) in [7, 11) is 0. The van der Waals surface area contributed by atoms with E-state index in [4.69, 9.17) is 4.52 Å². The van der Waals surface area contributed by atoms with Crippen molar-refractivity contribution in [3.05, 3.63) is 35.7 Å². The summed E-state index contributed by atoms with van der Waals surface area (Å²) in [5.41, 5.74) is -0.501. The monoisotopic (exact) mass is 401 g/mol. The van der Waals surface area contributed by atoms with Crippen LogP contribution in [0.3, 0.4) is 0 Å². The molecule has 2 heterocycles. The van der Waals surface area contributed by atoms with Gasteiger partial charge in [0.15, 0.2) is 4.34 Å². The number of hydrogen-bond donors (Lipinski definition) is 1. The highest BCUT2D eigenvalue weighted by molar-refractivity contribution is 8.00. The molecule has 6 nitrogen and oxygen atoms in total. The predicted octanol–water partition coefficient (Wildman–Crippen LogP) is 4.72. The van der Waals surface area contributed by atoms with E-state index in [9.17, 15) is 13.2 Å². The molecule has 0 aliphatic heterocycles. The molecule has 1 aromatic carbocycles. The van der Waals surface area contributed by atoms with Crippen LogP contribution in [0.4, 0.5) is 18.3 Å². The van der Waals surface area contributed by atoms with Crippen molar-refractivity contribution in [3.63, 3.8) is 0 Å². The molecule has 0 saturated heterocycles. The second-order valence-electron chi connectivity index (χ2n) is 5.18. The average Bonchev–Trinajstić information content (AvgIpc) is 3.27. The Hall–Kier alpha value is -2.14. The van der Waals surface area contributed by atoms with Crippen LogP contribution in [0.5, 0.6) is 0 Å². The number of thioether (sulfide) groups is 1. The van der Waals surface area contributed by atoms with E-state index >= 15 is 0 Å². The molecular weight excluding hydrogens is 387 g/mol. The summed E-state index contributed by atoms with van der Waals surface area (Å²) in [6, 6.07) is 4.82. The van der Waals surface area contributed by atoms with Gasteiger partial charge in [-0.15, -0.1) is 10.2 Å². The fraction of sp³-hybridized carbons (Fsp3) is 0.333. The molecule has 3 rings (SSSR count). The molecule has 0 atom stereocenters. The largest absolute Gasteiger partial charge is 0.416 e. The smallest absolute Gasteiger partial charge is 0.360 e. The van der Waals surface area contributed by atoms with Gasteiger partial charge in [0.2, 0.25) is 16.8 Å². The Kier molecular flexibility index (Phi) is 5.77. The number of anilines is 1. The second-order valence-corrected chi connectivity index (χ2v) is 7.38. The van der Waals surface area contributed by atoms with Crippen LogP contribution in [0.25, 0.3) is 11.4 Å². The van der Waals surface area contributed by atoms with Gasteiger partial charge in [-0.3, -0.25) is 0 Å². The fourth-order valence-electron chi connectivity index (χ4n) is 1.96. The van der Waals surface area contributed by atoms with Gasteiger partial charge in [0.05, 0.1) is 11.3 Å². The molecule has 0 saturated carbocycles. The lowest BCUT2D eigenvalue weighted by Gasteiger charge is -2.06. The van der Waals surface area contributed by atoms with Gasteiger partial charge in [0.25, 0.3) is 0 Å². The van der Waals surface area contributed by atoms with Crippen LogP contribution in [0, 0.1) is 0 Å². The maximum absolute atomic E-state index is 12.8. The first kappa shape index (κ1) is 18.6. The minimum absolute atomic E-state index is 0.120. The van der Waals surface area contributed by atoms with E-state index in [0.29, 0.717) is 11.6 Å². The van der Waals surface area contributed by atoms with E-state index in [-0.39, 0.29) is 11.4 Å². The van der Waals surface area contributed by atoms with Gasteiger partial charge in [0, 0.05) is 12.1 Å². The van der Waals surface area contributed by atoms with Crippen molar-refractivity contribution in [3.8, 4) is 11.4 Å². The maximum atomic E-state index is 12.8. The lowest BCUT2D eigenvalue weighted by molar-refractivity contribution is -0.137. The summed E-state index contributed by atoms with van der Waals surface area (Å²) in [6.45, 7) is 2.88. The summed E-state index contributed by atoms with van der Waals surface area (Å²) < 4.78 is 44.2. The predicted molar refractivity (Wildman–Crippen MR) is 93.0 cm³/mol. The van der Waals surface area contributed by atoms with Crippen molar-refractivity contribution in [2.45, 2.75) is 29.6 Å². The molecule has 3 aromatic rings. The van der Waals surface area contributed by atoms with E-state index < -0.39 is 11.7 Å². The molecule has 1 N–H and O–H groups in total. The number of benzene rings is 1. The number of rotatable bonds is 7. The van der Waals surface area contributed by atoms with Crippen LogP contribution in [-0.2, 0) is 11.9 Å². The third-order valence-corrected chi connectivity index (χ3v) is 5.17. The lowest BCUT2D eigenvalue weighted by atomic mass is 10.1. The zero-order valence-electron chi connectivity index (χ0n) is 13.6. The van der Waals surface area contributed by atoms with E-state index in [0.717, 1.165) is 34.6 Å². The first-order valence-corrected chi connectivity index (χ1v) is 9.46. The van der Waals surface area contributed by atoms with Crippen molar-refractivity contribution < 1.29 is 17.7 Å². The first-order chi connectivity index (χ1) is 12.5. The Morgan fingerprint density at radius 2 is 2.12 bits per heavy atom. The van der Waals surface area contributed by atoms with Gasteiger partial charge < -0.3 is 9.84 Å². The number of aromatic nitrogens is 4. The number of alkyl halides is 3. The molecule has 0 unspecified atom stereocenters. The molecule has 0 spiro atoms. The standard InChI is InChI=1S/C15H14F3N5OS2/c1-2-6-19-13-21-22-14(26-13)25-8-11-20-12(23-24-11)9-4-3-5-10(7-9)15(16,17)18/h3-5,7H,2,6,8H2,1H3,(H,19,21). The Labute approximate surface area is 155 Å². The van der Waals surface area contributed by atoms with Crippen molar-refractivity contribution in [1.82, 2.24) is 20.3 Å². The van der Waals surface area contributed by atoms with Gasteiger partial charge in [-0.25, -0.2) is 0 Å². The van der Waals surface area contributed by atoms with E-state index in [1.54, 1.807) is 0 Å². The highest BCUT2D eigenvalue weighted by Crippen LogP contribution is 2.32. The lowest BCUT2D eigenvalue weighted by Crippen LogP contribution is -2.04. The fourth-order valence-corrected chi connectivity index (χ4v) is 3.58. The van der Waals surface area contributed by atoms with E-state index in [1.165, 1.54) is 35.2 Å². The van der Waals surface area contributed by atoms with Crippen LogP contribution < -0.4 is 5.32 Å². The van der Waals surface area contributed by atoms with Crippen molar-refractivity contribution >= 4 is 28.2 Å². The van der Waals surface area contributed by atoms with Crippen molar-refractivity contribution in [2.75, 3.05) is 11.9 Å². The molecule has 0 bridgehead atoms. The van der Waals surface area contributed by atoms with Gasteiger partial charge in [-0.2, -0.15) is 18.2 Å². The molecule has 11 heteroatoms. The highest BCUT2D eigenvalue weighted by atomic mass is 32.2. The molecule has 2 aromatic heterocycles. The minimum atomic E-state index is -4.42. The topological polar surface area (TPSA) is 76.7 Å². The van der Waals surface area contributed by atoms with Crippen LogP contribution in [-0.4, -0.2) is 26.9 Å².